The first-order chi connectivity index (χ1) is 17.2. The van der Waals surface area contributed by atoms with Crippen LogP contribution in [-0.4, -0.2) is 83.6 Å². The molecule has 9 heteroatoms. The Labute approximate surface area is 211 Å². The van der Waals surface area contributed by atoms with Gasteiger partial charge in [0.25, 0.3) is 11.8 Å². The summed E-state index contributed by atoms with van der Waals surface area (Å²) in [5.74, 6) is -0.937. The maximum atomic E-state index is 13.7. The fourth-order valence-electron chi connectivity index (χ4n) is 5.02. The Morgan fingerprint density at radius 3 is 2.42 bits per heavy atom. The number of fused-ring (bicyclic) bond motifs is 1. The zero-order valence-electron chi connectivity index (χ0n) is 21.2. The fourth-order valence-corrected chi connectivity index (χ4v) is 5.02. The lowest BCUT2D eigenvalue weighted by molar-refractivity contribution is -0.138. The molecule has 2 aliphatic rings. The van der Waals surface area contributed by atoms with Gasteiger partial charge in [-0.1, -0.05) is 19.9 Å². The highest BCUT2D eigenvalue weighted by Crippen LogP contribution is 2.31. The number of carbonyl (C=O) groups is 4. The SMILES string of the molecule is CC(C)C[C@H](NC(=O)c1ccc(N(C)C)cc1)C(=O)N1CCC2[C@H]1C(=O)CN2C(=O)c1ccccn1. The number of rotatable bonds is 7. The largest absolute Gasteiger partial charge is 0.378 e. The minimum absolute atomic E-state index is 0.0477. The molecule has 9 nitrogen and oxygen atoms in total. The maximum Gasteiger partial charge on any atom is 0.273 e. The van der Waals surface area contributed by atoms with Gasteiger partial charge in [-0.25, -0.2) is 0 Å². The Balaban J connectivity index is 1.50. The molecule has 1 aromatic carbocycles. The number of hydrogen-bond acceptors (Lipinski definition) is 6. The molecule has 0 saturated carbocycles. The zero-order chi connectivity index (χ0) is 26.0. The van der Waals surface area contributed by atoms with Crippen molar-refractivity contribution in [3.63, 3.8) is 0 Å². The molecule has 2 fully saturated rings. The van der Waals surface area contributed by atoms with Crippen LogP contribution in [0.4, 0.5) is 5.69 Å². The van der Waals surface area contributed by atoms with Gasteiger partial charge in [0, 0.05) is 38.1 Å². The van der Waals surface area contributed by atoms with Crippen LogP contribution in [-0.2, 0) is 9.59 Å². The third-order valence-corrected chi connectivity index (χ3v) is 6.81. The van der Waals surface area contributed by atoms with Gasteiger partial charge in [-0.15, -0.1) is 0 Å². The van der Waals surface area contributed by atoms with Gasteiger partial charge in [-0.05, 0) is 55.2 Å². The van der Waals surface area contributed by atoms with E-state index in [1.165, 1.54) is 4.90 Å². The summed E-state index contributed by atoms with van der Waals surface area (Å²) in [5.41, 5.74) is 1.71. The normalized spacial score (nSPS) is 19.9. The Kier molecular flexibility index (Phi) is 7.37. The van der Waals surface area contributed by atoms with Crippen LogP contribution in [0.5, 0.6) is 0 Å². The summed E-state index contributed by atoms with van der Waals surface area (Å²) in [6.07, 6.45) is 2.49. The molecule has 0 aliphatic carbocycles. The highest BCUT2D eigenvalue weighted by Gasteiger charge is 2.52. The van der Waals surface area contributed by atoms with Gasteiger partial charge < -0.3 is 20.0 Å². The zero-order valence-corrected chi connectivity index (χ0v) is 21.2. The van der Waals surface area contributed by atoms with E-state index in [1.54, 1.807) is 41.4 Å². The number of nitrogens with zero attached hydrogens (tertiary/aromatic N) is 4. The fraction of sp³-hybridized carbons (Fsp3) is 0.444. The molecule has 1 N–H and O–H groups in total. The number of likely N-dealkylation sites (tertiary alicyclic amines) is 2. The van der Waals surface area contributed by atoms with E-state index in [-0.39, 0.29) is 47.7 Å². The summed E-state index contributed by atoms with van der Waals surface area (Å²) >= 11 is 0. The van der Waals surface area contributed by atoms with Crippen molar-refractivity contribution in [2.75, 3.05) is 32.1 Å². The molecule has 3 amide bonds. The third-order valence-electron chi connectivity index (χ3n) is 6.81. The number of hydrogen-bond donors (Lipinski definition) is 1. The van der Waals surface area contributed by atoms with Crippen molar-refractivity contribution in [3.05, 3.63) is 59.9 Å². The number of benzene rings is 1. The summed E-state index contributed by atoms with van der Waals surface area (Å²) in [4.78, 5) is 61.8. The Hall–Kier alpha value is -3.75. The predicted octanol–water partition coefficient (Wildman–Crippen LogP) is 1.99. The molecule has 2 aliphatic heterocycles. The van der Waals surface area contributed by atoms with Crippen molar-refractivity contribution in [1.29, 1.82) is 0 Å². The van der Waals surface area contributed by atoms with Gasteiger partial charge in [0.1, 0.15) is 17.8 Å². The third kappa shape index (κ3) is 5.10. The van der Waals surface area contributed by atoms with Crippen molar-refractivity contribution in [2.24, 2.45) is 5.92 Å². The lowest BCUT2D eigenvalue weighted by Crippen LogP contribution is -2.53. The first-order valence-corrected chi connectivity index (χ1v) is 12.3. The van der Waals surface area contributed by atoms with Crippen LogP contribution < -0.4 is 10.2 Å². The quantitative estimate of drug-likeness (QED) is 0.636. The summed E-state index contributed by atoms with van der Waals surface area (Å²) in [7, 11) is 3.84. The second-order valence-electron chi connectivity index (χ2n) is 10.0. The smallest absolute Gasteiger partial charge is 0.273 e. The number of ketones is 1. The highest BCUT2D eigenvalue weighted by molar-refractivity contribution is 6.03. The maximum absolute atomic E-state index is 13.7. The van der Waals surface area contributed by atoms with Crippen LogP contribution >= 0.6 is 0 Å². The highest BCUT2D eigenvalue weighted by atomic mass is 16.2. The minimum atomic E-state index is -0.766. The van der Waals surface area contributed by atoms with Gasteiger partial charge in [-0.2, -0.15) is 0 Å². The molecule has 2 aromatic rings. The molecule has 0 spiro atoms. The van der Waals surface area contributed by atoms with E-state index in [0.29, 0.717) is 24.9 Å². The molecule has 3 heterocycles. The number of carbonyl (C=O) groups excluding carboxylic acids is 4. The van der Waals surface area contributed by atoms with Gasteiger partial charge in [0.15, 0.2) is 5.78 Å². The van der Waals surface area contributed by atoms with Crippen molar-refractivity contribution in [2.45, 2.75) is 44.8 Å². The van der Waals surface area contributed by atoms with Crippen LogP contribution in [0.2, 0.25) is 0 Å². The second-order valence-corrected chi connectivity index (χ2v) is 10.0. The number of aromatic nitrogens is 1. The first-order valence-electron chi connectivity index (χ1n) is 12.3. The van der Waals surface area contributed by atoms with Crippen molar-refractivity contribution >= 4 is 29.2 Å². The van der Waals surface area contributed by atoms with E-state index >= 15 is 0 Å². The van der Waals surface area contributed by atoms with Gasteiger partial charge in [0.2, 0.25) is 5.91 Å². The molecule has 1 unspecified atom stereocenters. The van der Waals surface area contributed by atoms with Crippen molar-refractivity contribution < 1.29 is 19.2 Å². The van der Waals surface area contributed by atoms with Crippen LogP contribution in [0.3, 0.4) is 0 Å². The van der Waals surface area contributed by atoms with E-state index in [2.05, 4.69) is 10.3 Å². The molecular weight excluding hydrogens is 458 g/mol. The molecule has 0 bridgehead atoms. The van der Waals surface area contributed by atoms with E-state index in [4.69, 9.17) is 0 Å². The average Bonchev–Trinajstić information content (AvgIpc) is 3.44. The number of anilines is 1. The monoisotopic (exact) mass is 491 g/mol. The van der Waals surface area contributed by atoms with Crippen LogP contribution in [0.15, 0.2) is 48.7 Å². The number of amides is 3. The topological polar surface area (TPSA) is 103 Å². The summed E-state index contributed by atoms with van der Waals surface area (Å²) in [5, 5.41) is 2.90. The lowest BCUT2D eigenvalue weighted by atomic mass is 10.0. The van der Waals surface area contributed by atoms with E-state index in [9.17, 15) is 19.2 Å². The molecule has 36 heavy (non-hydrogen) atoms. The Morgan fingerprint density at radius 2 is 1.81 bits per heavy atom. The summed E-state index contributed by atoms with van der Waals surface area (Å²) in [6, 6.07) is 10.4. The van der Waals surface area contributed by atoms with E-state index in [0.717, 1.165) is 5.69 Å². The second kappa shape index (κ2) is 10.5. The summed E-state index contributed by atoms with van der Waals surface area (Å²) in [6.45, 7) is 4.28. The molecule has 190 valence electrons. The van der Waals surface area contributed by atoms with Crippen LogP contribution in [0, 0.1) is 5.92 Å². The van der Waals surface area contributed by atoms with Gasteiger partial charge in [0.05, 0.1) is 12.6 Å². The van der Waals surface area contributed by atoms with E-state index in [1.807, 2.05) is 45.0 Å². The average molecular weight is 492 g/mol. The van der Waals surface area contributed by atoms with E-state index < -0.39 is 12.1 Å². The van der Waals surface area contributed by atoms with Crippen LogP contribution in [0.25, 0.3) is 0 Å². The molecule has 2 saturated heterocycles. The minimum Gasteiger partial charge on any atom is -0.378 e. The number of pyridine rings is 1. The molecule has 3 atom stereocenters. The molecule has 0 radical (unpaired) electrons. The van der Waals surface area contributed by atoms with Crippen molar-refractivity contribution in [1.82, 2.24) is 20.1 Å². The molecular formula is C27H33N5O4. The van der Waals surface area contributed by atoms with Crippen LogP contribution in [0.1, 0.15) is 47.5 Å². The molecule has 1 aromatic heterocycles. The van der Waals surface area contributed by atoms with Gasteiger partial charge >= 0.3 is 0 Å². The first kappa shape index (κ1) is 25.3. The summed E-state index contributed by atoms with van der Waals surface area (Å²) < 4.78 is 0. The number of nitrogens with one attached hydrogen (secondary N) is 1. The van der Waals surface area contributed by atoms with Gasteiger partial charge in [-0.3, -0.25) is 24.2 Å². The Morgan fingerprint density at radius 1 is 1.08 bits per heavy atom. The lowest BCUT2D eigenvalue weighted by Gasteiger charge is -2.29. The predicted molar refractivity (Wildman–Crippen MR) is 136 cm³/mol. The Bertz CT molecular complexity index is 1130. The standard InChI is InChI=1S/C27H33N5O4/c1-17(2)15-21(29-25(34)18-8-10-19(11-9-18)30(3)4)27(36)31-14-12-22-24(31)23(33)16-32(22)26(35)20-7-5-6-13-28-20/h5-11,13,17,21-22,24H,12,14-16H2,1-4H3,(H,29,34)/t21-,22?,24-/m0/s1. The van der Waals surface area contributed by atoms with Crippen molar-refractivity contribution in [3.8, 4) is 0 Å². The number of Topliss-reactive ketones (excluding diaryl/α,β-unsaturated/α-hetero) is 1. The molecule has 4 rings (SSSR count).